The largest absolute Gasteiger partial charge is 0.493 e. The molecule has 1 aromatic heterocycles. The number of H-pyrrole nitrogens is 1. The molecule has 0 saturated heterocycles. The molecule has 4 heteroatoms. The van der Waals surface area contributed by atoms with E-state index in [1.165, 1.54) is 77.0 Å². The fourth-order valence-electron chi connectivity index (χ4n) is 2.74. The van der Waals surface area contributed by atoms with E-state index in [0.29, 0.717) is 4.88 Å². The molecule has 0 aromatic carbocycles. The smallest absolute Gasteiger partial charge is 0.307 e. The van der Waals surface area contributed by atoms with Crippen molar-refractivity contribution in [2.75, 3.05) is 0 Å². The first-order valence-electron chi connectivity index (χ1n) is 9.32. The van der Waals surface area contributed by atoms with Crippen LogP contribution in [-0.2, 0) is 0 Å². The first-order valence-corrected chi connectivity index (χ1v) is 10.1. The third-order valence-electron chi connectivity index (χ3n) is 4.15. The van der Waals surface area contributed by atoms with Crippen LogP contribution in [0, 0.1) is 0 Å². The summed E-state index contributed by atoms with van der Waals surface area (Å²) in [6, 6.07) is 0. The number of aromatic amines is 1. The molecule has 0 radical (unpaired) electrons. The second-order valence-electron chi connectivity index (χ2n) is 6.31. The third kappa shape index (κ3) is 10.4. The lowest BCUT2D eigenvalue weighted by atomic mass is 10.0. The Balaban J connectivity index is 1.86. The third-order valence-corrected chi connectivity index (χ3v) is 4.99. The minimum atomic E-state index is -0.201. The molecule has 0 atom stereocenters. The average molecular weight is 340 g/mol. The molecule has 1 aromatic rings. The molecule has 1 heterocycles. The van der Waals surface area contributed by atoms with Crippen molar-refractivity contribution in [2.24, 2.45) is 0 Å². The summed E-state index contributed by atoms with van der Waals surface area (Å²) < 4.78 is 0. The number of hydrogen-bond donors (Lipinski definition) is 2. The fraction of sp³-hybridized carbons (Fsp3) is 0.737. The zero-order valence-electron chi connectivity index (χ0n) is 14.6. The van der Waals surface area contributed by atoms with E-state index < -0.39 is 0 Å². The zero-order valence-corrected chi connectivity index (χ0v) is 15.4. The SMILES string of the molecule is CCCCCCCCCCCCCCC=Cc1sc(=O)[nH]c1O. The number of unbranched alkanes of at least 4 members (excludes halogenated alkanes) is 12. The highest BCUT2D eigenvalue weighted by molar-refractivity contribution is 7.10. The molecule has 1 rings (SSSR count). The summed E-state index contributed by atoms with van der Waals surface area (Å²) in [5.41, 5.74) is 0. The Morgan fingerprint density at radius 2 is 1.43 bits per heavy atom. The number of aromatic nitrogens is 1. The molecule has 0 saturated carbocycles. The summed E-state index contributed by atoms with van der Waals surface area (Å²) in [7, 11) is 0. The van der Waals surface area contributed by atoms with E-state index in [2.05, 4.69) is 18.0 Å². The van der Waals surface area contributed by atoms with Gasteiger partial charge in [-0.25, -0.2) is 0 Å². The van der Waals surface area contributed by atoms with Gasteiger partial charge in [0.25, 0.3) is 0 Å². The maximum absolute atomic E-state index is 11.0. The molecule has 0 aliphatic rings. The zero-order chi connectivity index (χ0) is 16.8. The number of thiazole rings is 1. The second-order valence-corrected chi connectivity index (χ2v) is 7.32. The number of hydrogen-bond acceptors (Lipinski definition) is 3. The van der Waals surface area contributed by atoms with Crippen LogP contribution in [0.25, 0.3) is 6.08 Å². The Morgan fingerprint density at radius 1 is 0.913 bits per heavy atom. The highest BCUT2D eigenvalue weighted by Crippen LogP contribution is 2.18. The van der Waals surface area contributed by atoms with Crippen LogP contribution in [-0.4, -0.2) is 10.1 Å². The summed E-state index contributed by atoms with van der Waals surface area (Å²) in [6.45, 7) is 2.27. The molecule has 132 valence electrons. The van der Waals surface area contributed by atoms with Gasteiger partial charge in [0.2, 0.25) is 5.88 Å². The van der Waals surface area contributed by atoms with Crippen molar-refractivity contribution >= 4 is 17.4 Å². The molecular formula is C19H33NO2S. The predicted molar refractivity (Wildman–Crippen MR) is 101 cm³/mol. The van der Waals surface area contributed by atoms with Crippen molar-refractivity contribution in [3.8, 4) is 5.88 Å². The lowest BCUT2D eigenvalue weighted by molar-refractivity contribution is 0.455. The molecule has 23 heavy (non-hydrogen) atoms. The molecule has 0 aliphatic carbocycles. The minimum Gasteiger partial charge on any atom is -0.493 e. The van der Waals surface area contributed by atoms with Gasteiger partial charge >= 0.3 is 4.87 Å². The molecule has 0 spiro atoms. The Hall–Kier alpha value is -1.03. The van der Waals surface area contributed by atoms with Gasteiger partial charge in [0.1, 0.15) is 0 Å². The van der Waals surface area contributed by atoms with Crippen LogP contribution in [0.15, 0.2) is 10.9 Å². The first-order chi connectivity index (χ1) is 11.2. The van der Waals surface area contributed by atoms with Crippen LogP contribution in [0.4, 0.5) is 0 Å². The monoisotopic (exact) mass is 339 g/mol. The van der Waals surface area contributed by atoms with Gasteiger partial charge < -0.3 is 5.11 Å². The van der Waals surface area contributed by atoms with E-state index in [4.69, 9.17) is 0 Å². The number of aromatic hydroxyl groups is 1. The van der Waals surface area contributed by atoms with Gasteiger partial charge in [0, 0.05) is 0 Å². The predicted octanol–water partition coefficient (Wildman–Crippen LogP) is 6.25. The summed E-state index contributed by atoms with van der Waals surface area (Å²) in [6.07, 6.45) is 21.3. The van der Waals surface area contributed by atoms with Crippen molar-refractivity contribution in [3.05, 3.63) is 20.6 Å². The molecule has 0 bridgehead atoms. The Labute approximate surface area is 144 Å². The maximum atomic E-state index is 11.0. The van der Waals surface area contributed by atoms with Gasteiger partial charge in [0.15, 0.2) is 0 Å². The van der Waals surface area contributed by atoms with Crippen molar-refractivity contribution in [1.82, 2.24) is 4.98 Å². The molecule has 2 N–H and O–H groups in total. The highest BCUT2D eigenvalue weighted by atomic mass is 32.1. The topological polar surface area (TPSA) is 53.1 Å². The second kappa shape index (κ2) is 13.4. The first kappa shape index (κ1) is 20.0. The maximum Gasteiger partial charge on any atom is 0.307 e. The van der Waals surface area contributed by atoms with Crippen LogP contribution >= 0.6 is 11.3 Å². The van der Waals surface area contributed by atoms with Crippen molar-refractivity contribution in [2.45, 2.75) is 90.4 Å². The normalized spacial score (nSPS) is 11.5. The lowest BCUT2D eigenvalue weighted by Crippen LogP contribution is -1.89. The van der Waals surface area contributed by atoms with E-state index in [0.717, 1.165) is 17.8 Å². The molecular weight excluding hydrogens is 306 g/mol. The average Bonchev–Trinajstić information content (AvgIpc) is 2.85. The standard InChI is InChI=1S/C19H33NO2S/c1-2-3-4-5-6-7-8-9-10-11-12-13-14-15-16-17-18(21)20-19(22)23-17/h15-16,21H,2-14H2,1H3,(H,20,22). The van der Waals surface area contributed by atoms with Gasteiger partial charge in [-0.1, -0.05) is 95.0 Å². The molecule has 0 aliphatic heterocycles. The van der Waals surface area contributed by atoms with Crippen molar-refractivity contribution < 1.29 is 5.11 Å². The van der Waals surface area contributed by atoms with Gasteiger partial charge in [0.05, 0.1) is 4.88 Å². The van der Waals surface area contributed by atoms with Gasteiger partial charge in [-0.2, -0.15) is 0 Å². The van der Waals surface area contributed by atoms with Gasteiger partial charge in [-0.3, -0.25) is 9.78 Å². The minimum absolute atomic E-state index is 0.00839. The molecule has 3 nitrogen and oxygen atoms in total. The molecule has 0 fully saturated rings. The summed E-state index contributed by atoms with van der Waals surface area (Å²) in [5.74, 6) is -0.00839. The quantitative estimate of drug-likeness (QED) is 0.394. The number of allylic oxidation sites excluding steroid dienone is 1. The number of nitrogens with one attached hydrogen (secondary N) is 1. The Morgan fingerprint density at radius 3 is 1.91 bits per heavy atom. The van der Waals surface area contributed by atoms with Crippen molar-refractivity contribution in [1.29, 1.82) is 0 Å². The summed E-state index contributed by atoms with van der Waals surface area (Å²) in [5, 5.41) is 9.44. The van der Waals surface area contributed by atoms with Crippen LogP contribution in [0.1, 0.15) is 95.3 Å². The van der Waals surface area contributed by atoms with Crippen molar-refractivity contribution in [3.63, 3.8) is 0 Å². The fourth-order valence-corrected chi connectivity index (χ4v) is 3.40. The van der Waals surface area contributed by atoms with E-state index in [1.54, 1.807) is 0 Å². The lowest BCUT2D eigenvalue weighted by Gasteiger charge is -2.02. The highest BCUT2D eigenvalue weighted by Gasteiger charge is 2.01. The van der Waals surface area contributed by atoms with Crippen LogP contribution in [0.5, 0.6) is 5.88 Å². The number of rotatable bonds is 14. The summed E-state index contributed by atoms with van der Waals surface area (Å²) in [4.78, 5) is 13.8. The van der Waals surface area contributed by atoms with Gasteiger partial charge in [-0.05, 0) is 18.9 Å². The van der Waals surface area contributed by atoms with Gasteiger partial charge in [-0.15, -0.1) is 0 Å². The van der Waals surface area contributed by atoms with E-state index in [1.807, 2.05) is 6.08 Å². The van der Waals surface area contributed by atoms with Crippen LogP contribution in [0.2, 0.25) is 0 Å². The van der Waals surface area contributed by atoms with E-state index in [-0.39, 0.29) is 10.8 Å². The Kier molecular flexibility index (Phi) is 11.7. The molecule has 0 unspecified atom stereocenters. The van der Waals surface area contributed by atoms with Crippen LogP contribution < -0.4 is 4.87 Å². The molecule has 0 amide bonds. The van der Waals surface area contributed by atoms with E-state index in [9.17, 15) is 9.90 Å². The Bertz CT molecular complexity index is 476. The summed E-state index contributed by atoms with van der Waals surface area (Å²) >= 11 is 1.05. The van der Waals surface area contributed by atoms with Crippen LogP contribution in [0.3, 0.4) is 0 Å². The van der Waals surface area contributed by atoms with E-state index >= 15 is 0 Å².